The van der Waals surface area contributed by atoms with E-state index in [4.69, 9.17) is 11.2 Å². The van der Waals surface area contributed by atoms with E-state index in [1.165, 1.54) is 18.2 Å². The van der Waals surface area contributed by atoms with Crippen LogP contribution < -0.4 is 10.6 Å². The summed E-state index contributed by atoms with van der Waals surface area (Å²) in [7, 11) is 0. The van der Waals surface area contributed by atoms with E-state index in [1.54, 1.807) is 36.4 Å². The highest BCUT2D eigenvalue weighted by atomic mass is 35.7. The van der Waals surface area contributed by atoms with Gasteiger partial charge in [0.05, 0.1) is 0 Å². The highest BCUT2D eigenvalue weighted by Crippen LogP contribution is 2.52. The van der Waals surface area contributed by atoms with Crippen LogP contribution in [0.2, 0.25) is 0 Å². The lowest BCUT2D eigenvalue weighted by atomic mass is 10.1. The van der Waals surface area contributed by atoms with Crippen LogP contribution >= 0.6 is 17.7 Å². The maximum absolute atomic E-state index is 14.1. The standard InChI is InChI=1S/C18H9ClF5OP/c19-26(25,18-16(23)14(21)13(20)15(22)17(18)24)12-9-5-4-8-11(12)10-6-2-1-3-7-10/h1-9H. The Hall–Kier alpha value is -2.17. The van der Waals surface area contributed by atoms with Crippen LogP contribution in [0, 0.1) is 29.1 Å². The Morgan fingerprint density at radius 1 is 0.654 bits per heavy atom. The third kappa shape index (κ3) is 2.93. The molecule has 0 aromatic heterocycles. The quantitative estimate of drug-likeness (QED) is 0.244. The highest BCUT2D eigenvalue weighted by Gasteiger charge is 2.38. The minimum absolute atomic E-state index is 0.226. The molecule has 1 nitrogen and oxygen atoms in total. The van der Waals surface area contributed by atoms with E-state index in [0.29, 0.717) is 5.56 Å². The average Bonchev–Trinajstić information content (AvgIpc) is 2.65. The van der Waals surface area contributed by atoms with Gasteiger partial charge in [-0.15, -0.1) is 0 Å². The van der Waals surface area contributed by atoms with Crippen LogP contribution in [0.15, 0.2) is 54.6 Å². The van der Waals surface area contributed by atoms with Crippen LogP contribution in [-0.2, 0) is 4.57 Å². The van der Waals surface area contributed by atoms with E-state index in [9.17, 15) is 26.5 Å². The second-order valence-corrected chi connectivity index (χ2v) is 8.76. The number of benzene rings is 3. The maximum Gasteiger partial charge on any atom is 0.232 e. The Morgan fingerprint density at radius 2 is 1.12 bits per heavy atom. The van der Waals surface area contributed by atoms with Gasteiger partial charge in [-0.05, 0) is 28.4 Å². The van der Waals surface area contributed by atoms with Crippen molar-refractivity contribution in [3.8, 4) is 11.1 Å². The van der Waals surface area contributed by atoms with E-state index in [0.717, 1.165) is 0 Å². The molecule has 0 bridgehead atoms. The molecule has 26 heavy (non-hydrogen) atoms. The van der Waals surface area contributed by atoms with Gasteiger partial charge in [0.25, 0.3) is 0 Å². The molecule has 0 N–H and O–H groups in total. The number of rotatable bonds is 3. The Bertz CT molecular complexity index is 1010. The Morgan fingerprint density at radius 3 is 1.69 bits per heavy atom. The van der Waals surface area contributed by atoms with Gasteiger partial charge < -0.3 is 0 Å². The van der Waals surface area contributed by atoms with Crippen molar-refractivity contribution in [2.24, 2.45) is 0 Å². The van der Waals surface area contributed by atoms with Gasteiger partial charge in [0.1, 0.15) is 5.30 Å². The zero-order valence-electron chi connectivity index (χ0n) is 12.8. The number of hydrogen-bond acceptors (Lipinski definition) is 1. The summed E-state index contributed by atoms with van der Waals surface area (Å²) in [6, 6.07) is 14.0. The molecule has 0 saturated heterocycles. The predicted molar refractivity (Wildman–Crippen MR) is 90.8 cm³/mol. The lowest BCUT2D eigenvalue weighted by Gasteiger charge is -2.18. The minimum atomic E-state index is -4.67. The smallest absolute Gasteiger partial charge is 0.232 e. The first-order valence-electron chi connectivity index (χ1n) is 7.23. The van der Waals surface area contributed by atoms with Crippen molar-refractivity contribution in [3.05, 3.63) is 83.7 Å². The molecule has 0 heterocycles. The lowest BCUT2D eigenvalue weighted by Crippen LogP contribution is -2.24. The largest absolute Gasteiger partial charge is 0.296 e. The predicted octanol–water partition coefficient (Wildman–Crippen LogP) is 5.52. The number of hydrogen-bond donors (Lipinski definition) is 0. The van der Waals surface area contributed by atoms with Crippen LogP contribution in [0.25, 0.3) is 11.1 Å². The van der Waals surface area contributed by atoms with Crippen molar-refractivity contribution in [3.63, 3.8) is 0 Å². The molecule has 1 unspecified atom stereocenters. The van der Waals surface area contributed by atoms with E-state index in [1.807, 2.05) is 0 Å². The van der Waals surface area contributed by atoms with Crippen molar-refractivity contribution in [2.75, 3.05) is 0 Å². The summed E-state index contributed by atoms with van der Waals surface area (Å²) in [5, 5.41) is -1.75. The molecule has 0 spiro atoms. The molecule has 0 saturated carbocycles. The van der Waals surface area contributed by atoms with Gasteiger partial charge in [-0.1, -0.05) is 48.5 Å². The lowest BCUT2D eigenvalue weighted by molar-refractivity contribution is 0.384. The summed E-state index contributed by atoms with van der Waals surface area (Å²) >= 11 is 5.97. The van der Waals surface area contributed by atoms with Crippen LogP contribution in [0.4, 0.5) is 22.0 Å². The van der Waals surface area contributed by atoms with Crippen molar-refractivity contribution in [1.82, 2.24) is 0 Å². The van der Waals surface area contributed by atoms with Crippen LogP contribution in [0.5, 0.6) is 0 Å². The molecule has 134 valence electrons. The van der Waals surface area contributed by atoms with Crippen molar-refractivity contribution < 1.29 is 26.5 Å². The summed E-state index contributed by atoms with van der Waals surface area (Å²) < 4.78 is 81.7. The molecule has 0 aliphatic rings. The molecule has 0 fully saturated rings. The van der Waals surface area contributed by atoms with Gasteiger partial charge in [-0.3, -0.25) is 4.57 Å². The van der Waals surface area contributed by atoms with E-state index < -0.39 is 40.9 Å². The van der Waals surface area contributed by atoms with Gasteiger partial charge in [-0.2, -0.15) is 0 Å². The first-order chi connectivity index (χ1) is 12.3. The Balaban J connectivity index is 2.32. The molecular formula is C18H9ClF5OP. The molecule has 0 aliphatic heterocycles. The third-order valence-corrected chi connectivity index (χ3v) is 6.80. The van der Waals surface area contributed by atoms with Gasteiger partial charge in [0.2, 0.25) is 12.3 Å². The molecule has 0 aliphatic carbocycles. The van der Waals surface area contributed by atoms with Crippen LogP contribution in [-0.4, -0.2) is 0 Å². The molecule has 1 atom stereocenters. The second kappa shape index (κ2) is 6.86. The SMILES string of the molecule is O=P(Cl)(c1ccccc1-c1ccccc1)c1c(F)c(F)c(F)c(F)c1F. The van der Waals surface area contributed by atoms with Crippen LogP contribution in [0.1, 0.15) is 0 Å². The summed E-state index contributed by atoms with van der Waals surface area (Å²) in [4.78, 5) is 0. The fourth-order valence-corrected chi connectivity index (χ4v) is 5.17. The minimum Gasteiger partial charge on any atom is -0.296 e. The average molecular weight is 403 g/mol. The Labute approximate surface area is 150 Å². The van der Waals surface area contributed by atoms with E-state index in [2.05, 4.69) is 0 Å². The number of halogens is 6. The zero-order chi connectivity index (χ0) is 19.1. The monoisotopic (exact) mass is 402 g/mol. The van der Waals surface area contributed by atoms with Gasteiger partial charge in [0, 0.05) is 5.30 Å². The van der Waals surface area contributed by atoms with E-state index in [-0.39, 0.29) is 10.9 Å². The maximum atomic E-state index is 14.1. The summed E-state index contributed by atoms with van der Waals surface area (Å²) in [5.74, 6) is -11.1. The van der Waals surface area contributed by atoms with Gasteiger partial charge >= 0.3 is 0 Å². The Kier molecular flexibility index (Phi) is 4.91. The van der Waals surface area contributed by atoms with Gasteiger partial charge in [-0.25, -0.2) is 22.0 Å². The summed E-state index contributed by atoms with van der Waals surface area (Å²) in [6.45, 7) is -4.67. The van der Waals surface area contributed by atoms with Gasteiger partial charge in [0.15, 0.2) is 23.3 Å². The van der Waals surface area contributed by atoms with E-state index >= 15 is 0 Å². The molecule has 8 heteroatoms. The molecule has 0 amide bonds. The molecule has 3 aromatic carbocycles. The first kappa shape index (κ1) is 18.6. The zero-order valence-corrected chi connectivity index (χ0v) is 14.5. The topological polar surface area (TPSA) is 17.1 Å². The van der Waals surface area contributed by atoms with Crippen LogP contribution in [0.3, 0.4) is 0 Å². The molecule has 3 aromatic rings. The summed E-state index contributed by atoms with van der Waals surface area (Å²) in [6.07, 6.45) is 0. The summed E-state index contributed by atoms with van der Waals surface area (Å²) in [5.41, 5.74) is 0.781. The molecular weight excluding hydrogens is 394 g/mol. The molecule has 3 rings (SSSR count). The third-order valence-electron chi connectivity index (χ3n) is 3.77. The fourth-order valence-electron chi connectivity index (χ4n) is 2.55. The second-order valence-electron chi connectivity index (χ2n) is 5.33. The first-order valence-corrected chi connectivity index (χ1v) is 9.84. The highest BCUT2D eigenvalue weighted by molar-refractivity contribution is 8.00. The van der Waals surface area contributed by atoms with Crippen molar-refractivity contribution in [1.29, 1.82) is 0 Å². The van der Waals surface area contributed by atoms with Crippen molar-refractivity contribution in [2.45, 2.75) is 0 Å². The van der Waals surface area contributed by atoms with Crippen molar-refractivity contribution >= 4 is 28.3 Å². The fraction of sp³-hybridized carbons (Fsp3) is 0. The normalized spacial score (nSPS) is 13.5. The molecule has 0 radical (unpaired) electrons.